The molecule has 0 spiro atoms. The van der Waals surface area contributed by atoms with Gasteiger partial charge in [0.1, 0.15) is 0 Å². The Morgan fingerprint density at radius 2 is 1.94 bits per heavy atom. The molecule has 3 unspecified atom stereocenters. The average molecular weight is 253 g/mol. The van der Waals surface area contributed by atoms with Gasteiger partial charge in [0.2, 0.25) is 0 Å². The van der Waals surface area contributed by atoms with Crippen LogP contribution < -0.4 is 0 Å². The fourth-order valence-corrected chi connectivity index (χ4v) is 3.84. The molecule has 2 heteroatoms. The van der Waals surface area contributed by atoms with E-state index in [2.05, 4.69) is 25.7 Å². The molecule has 2 aliphatic rings. The minimum Gasteiger partial charge on any atom is -0.391 e. The van der Waals surface area contributed by atoms with Gasteiger partial charge in [0.15, 0.2) is 0 Å². The van der Waals surface area contributed by atoms with Gasteiger partial charge in [0, 0.05) is 6.04 Å². The van der Waals surface area contributed by atoms with Crippen molar-refractivity contribution >= 4 is 0 Å². The molecule has 1 aliphatic carbocycles. The maximum Gasteiger partial charge on any atom is 0.0695 e. The van der Waals surface area contributed by atoms with Crippen molar-refractivity contribution in [1.29, 1.82) is 0 Å². The van der Waals surface area contributed by atoms with Crippen molar-refractivity contribution < 1.29 is 5.11 Å². The van der Waals surface area contributed by atoms with Gasteiger partial charge in [-0.2, -0.15) is 0 Å². The highest BCUT2D eigenvalue weighted by Gasteiger charge is 2.37. The van der Waals surface area contributed by atoms with Crippen LogP contribution in [0.15, 0.2) is 0 Å². The summed E-state index contributed by atoms with van der Waals surface area (Å²) in [6, 6.07) is 0.421. The summed E-state index contributed by atoms with van der Waals surface area (Å²) in [6.07, 6.45) is 8.62. The lowest BCUT2D eigenvalue weighted by Gasteiger charge is -2.44. The van der Waals surface area contributed by atoms with Crippen molar-refractivity contribution in [3.05, 3.63) is 0 Å². The van der Waals surface area contributed by atoms with Crippen LogP contribution in [0.5, 0.6) is 0 Å². The molecular formula is C16H31NO. The van der Waals surface area contributed by atoms with E-state index in [1.807, 2.05) is 0 Å². The molecule has 2 nitrogen and oxygen atoms in total. The van der Waals surface area contributed by atoms with Crippen molar-refractivity contribution in [2.75, 3.05) is 13.1 Å². The van der Waals surface area contributed by atoms with E-state index in [-0.39, 0.29) is 6.10 Å². The van der Waals surface area contributed by atoms with E-state index >= 15 is 0 Å². The molecule has 1 N–H and O–H groups in total. The third kappa shape index (κ3) is 3.48. The SMILES string of the molecule is CCC1CCCN(C2CC(C)(C)CCC2O)CC1. The second-order valence-electron chi connectivity index (χ2n) is 7.28. The van der Waals surface area contributed by atoms with Gasteiger partial charge >= 0.3 is 0 Å². The molecular weight excluding hydrogens is 222 g/mol. The van der Waals surface area contributed by atoms with Gasteiger partial charge < -0.3 is 5.11 Å². The zero-order valence-corrected chi connectivity index (χ0v) is 12.5. The third-order valence-corrected chi connectivity index (χ3v) is 5.25. The number of aliphatic hydroxyl groups is 1. The molecule has 0 bridgehead atoms. The quantitative estimate of drug-likeness (QED) is 0.815. The van der Waals surface area contributed by atoms with Crippen LogP contribution in [0.3, 0.4) is 0 Å². The Bertz CT molecular complexity index is 264. The molecule has 1 saturated carbocycles. The number of hydrogen-bond donors (Lipinski definition) is 1. The van der Waals surface area contributed by atoms with Crippen molar-refractivity contribution in [2.45, 2.75) is 77.9 Å². The van der Waals surface area contributed by atoms with Gasteiger partial charge in [-0.05, 0) is 62.9 Å². The molecule has 18 heavy (non-hydrogen) atoms. The molecule has 2 rings (SSSR count). The highest BCUT2D eigenvalue weighted by molar-refractivity contribution is 4.91. The van der Waals surface area contributed by atoms with Crippen molar-refractivity contribution in [3.8, 4) is 0 Å². The molecule has 106 valence electrons. The van der Waals surface area contributed by atoms with Crippen LogP contribution in [0.25, 0.3) is 0 Å². The fourth-order valence-electron chi connectivity index (χ4n) is 3.84. The number of aliphatic hydroxyl groups excluding tert-OH is 1. The summed E-state index contributed by atoms with van der Waals surface area (Å²) in [7, 11) is 0. The van der Waals surface area contributed by atoms with E-state index in [1.165, 1.54) is 51.6 Å². The summed E-state index contributed by atoms with van der Waals surface area (Å²) < 4.78 is 0. The topological polar surface area (TPSA) is 23.5 Å². The first-order chi connectivity index (χ1) is 8.52. The third-order valence-electron chi connectivity index (χ3n) is 5.25. The summed E-state index contributed by atoms with van der Waals surface area (Å²) in [6.45, 7) is 9.45. The van der Waals surface area contributed by atoms with Gasteiger partial charge in [-0.25, -0.2) is 0 Å². The van der Waals surface area contributed by atoms with Crippen molar-refractivity contribution in [1.82, 2.24) is 4.90 Å². The van der Waals surface area contributed by atoms with Crippen LogP contribution in [0.2, 0.25) is 0 Å². The Morgan fingerprint density at radius 1 is 1.17 bits per heavy atom. The van der Waals surface area contributed by atoms with Crippen LogP contribution in [-0.2, 0) is 0 Å². The first-order valence-electron chi connectivity index (χ1n) is 7.94. The van der Waals surface area contributed by atoms with Crippen LogP contribution in [-0.4, -0.2) is 35.2 Å². The minimum absolute atomic E-state index is 0.0869. The van der Waals surface area contributed by atoms with E-state index in [1.54, 1.807) is 0 Å². The predicted molar refractivity (Wildman–Crippen MR) is 76.6 cm³/mol. The molecule has 2 fully saturated rings. The van der Waals surface area contributed by atoms with Crippen molar-refractivity contribution in [2.24, 2.45) is 11.3 Å². The highest BCUT2D eigenvalue weighted by atomic mass is 16.3. The van der Waals surface area contributed by atoms with E-state index in [4.69, 9.17) is 0 Å². The number of rotatable bonds is 2. The van der Waals surface area contributed by atoms with Gasteiger partial charge in [-0.1, -0.05) is 27.2 Å². The molecule has 1 heterocycles. The molecule has 1 saturated heterocycles. The standard InChI is InChI=1S/C16H31NO/c1-4-13-6-5-10-17(11-8-13)14-12-16(2,3)9-7-15(14)18/h13-15,18H,4-12H2,1-3H3. The van der Waals surface area contributed by atoms with Crippen LogP contribution in [0.4, 0.5) is 0 Å². The van der Waals surface area contributed by atoms with E-state index in [0.29, 0.717) is 11.5 Å². The smallest absolute Gasteiger partial charge is 0.0695 e. The number of nitrogens with zero attached hydrogens (tertiary/aromatic N) is 1. The van der Waals surface area contributed by atoms with E-state index in [9.17, 15) is 5.11 Å². The lowest BCUT2D eigenvalue weighted by atomic mass is 9.73. The van der Waals surface area contributed by atoms with Crippen molar-refractivity contribution in [3.63, 3.8) is 0 Å². The summed E-state index contributed by atoms with van der Waals surface area (Å²) in [4.78, 5) is 2.60. The molecule has 0 aromatic heterocycles. The second-order valence-corrected chi connectivity index (χ2v) is 7.28. The molecule has 1 aliphatic heterocycles. The molecule has 0 amide bonds. The largest absolute Gasteiger partial charge is 0.391 e. The highest BCUT2D eigenvalue weighted by Crippen LogP contribution is 2.38. The van der Waals surface area contributed by atoms with Crippen LogP contribution in [0, 0.1) is 11.3 Å². The Kier molecular flexibility index (Phi) is 4.71. The van der Waals surface area contributed by atoms with Crippen LogP contribution >= 0.6 is 0 Å². The normalized spacial score (nSPS) is 38.3. The lowest BCUT2D eigenvalue weighted by molar-refractivity contribution is -0.0163. The first-order valence-corrected chi connectivity index (χ1v) is 7.94. The maximum absolute atomic E-state index is 10.3. The molecule has 0 aromatic carbocycles. The van der Waals surface area contributed by atoms with E-state index in [0.717, 1.165) is 12.3 Å². The zero-order valence-electron chi connectivity index (χ0n) is 12.5. The number of likely N-dealkylation sites (tertiary alicyclic amines) is 1. The summed E-state index contributed by atoms with van der Waals surface area (Å²) in [5.74, 6) is 0.920. The fraction of sp³-hybridized carbons (Fsp3) is 1.00. The Morgan fingerprint density at radius 3 is 2.67 bits per heavy atom. The monoisotopic (exact) mass is 253 g/mol. The summed E-state index contributed by atoms with van der Waals surface area (Å²) >= 11 is 0. The second kappa shape index (κ2) is 5.92. The molecule has 0 radical (unpaired) electrons. The van der Waals surface area contributed by atoms with Gasteiger partial charge in [0.25, 0.3) is 0 Å². The average Bonchev–Trinajstić information content (AvgIpc) is 2.57. The van der Waals surface area contributed by atoms with E-state index < -0.39 is 0 Å². The van der Waals surface area contributed by atoms with Gasteiger partial charge in [-0.3, -0.25) is 4.90 Å². The summed E-state index contributed by atoms with van der Waals surface area (Å²) in [5.41, 5.74) is 0.417. The Balaban J connectivity index is 1.96. The Labute approximate surface area is 113 Å². The Hall–Kier alpha value is -0.0800. The van der Waals surface area contributed by atoms with Gasteiger partial charge in [0.05, 0.1) is 6.10 Å². The number of hydrogen-bond acceptors (Lipinski definition) is 2. The molecule has 0 aromatic rings. The maximum atomic E-state index is 10.3. The molecule has 3 atom stereocenters. The van der Waals surface area contributed by atoms with Crippen LogP contribution in [0.1, 0.15) is 65.7 Å². The lowest BCUT2D eigenvalue weighted by Crippen LogP contribution is -2.49. The minimum atomic E-state index is -0.0869. The summed E-state index contributed by atoms with van der Waals surface area (Å²) in [5, 5.41) is 10.3. The zero-order chi connectivity index (χ0) is 13.2. The first kappa shape index (κ1) is 14.3. The predicted octanol–water partition coefficient (Wildman–Crippen LogP) is 3.44. The van der Waals surface area contributed by atoms with Gasteiger partial charge in [-0.15, -0.1) is 0 Å².